The number of aliphatic carboxylic acids is 1. The number of aliphatic hydroxyl groups is 3. The Hall–Kier alpha value is -1.95. The second-order valence-corrected chi connectivity index (χ2v) is 6.81. The molecule has 5 atom stereocenters. The average Bonchev–Trinajstić information content (AvgIpc) is 3.22. The molecule has 0 spiro atoms. The molecule has 0 aliphatic carbocycles. The summed E-state index contributed by atoms with van der Waals surface area (Å²) in [4.78, 5) is 11.4. The molecule has 0 bridgehead atoms. The van der Waals surface area contributed by atoms with E-state index in [-0.39, 0.29) is 29.6 Å². The van der Waals surface area contributed by atoms with Crippen LogP contribution in [0.5, 0.6) is 5.75 Å². The van der Waals surface area contributed by atoms with Crippen LogP contribution < -0.4 is 39.4 Å². The number of ether oxygens (including phenoxy) is 2. The summed E-state index contributed by atoms with van der Waals surface area (Å²) >= 11 is 0. The quantitative estimate of drug-likeness (QED) is 0.375. The standard InChI is InChI=1S/C19H23N3O7.Na/c1-10-14(7-16(19(26)27)29-18(10)17(25)15(24)9-23)22-8-13(20-21-22)11-4-3-5-12(6-11)28-2;/h3-8,10,14-15,17-18,23-25H,9H2,1-2H3,(H,26,27);/q;+1/p-1/t10-,14+,15-,17-,18-;/m1./s1. The molecule has 156 valence electrons. The third-order valence-electron chi connectivity index (χ3n) is 4.94. The monoisotopic (exact) mass is 427 g/mol. The second-order valence-electron chi connectivity index (χ2n) is 6.81. The van der Waals surface area contributed by atoms with Crippen molar-refractivity contribution in [1.82, 2.24) is 15.0 Å². The van der Waals surface area contributed by atoms with E-state index in [0.717, 1.165) is 5.56 Å². The fourth-order valence-electron chi connectivity index (χ4n) is 3.27. The van der Waals surface area contributed by atoms with Crippen LogP contribution in [0.3, 0.4) is 0 Å². The van der Waals surface area contributed by atoms with Gasteiger partial charge in [0.05, 0.1) is 26.0 Å². The van der Waals surface area contributed by atoms with Gasteiger partial charge in [-0.25, -0.2) is 4.68 Å². The van der Waals surface area contributed by atoms with Gasteiger partial charge in [-0.05, 0) is 18.2 Å². The number of hydrogen-bond donors (Lipinski definition) is 3. The van der Waals surface area contributed by atoms with Crippen LogP contribution in [0, 0.1) is 5.92 Å². The first-order valence-corrected chi connectivity index (χ1v) is 8.98. The Morgan fingerprint density at radius 1 is 1.40 bits per heavy atom. The maximum absolute atomic E-state index is 11.4. The predicted octanol–water partition coefficient (Wildman–Crippen LogP) is -4.12. The molecule has 3 N–H and O–H groups in total. The first kappa shape index (κ1) is 24.3. The van der Waals surface area contributed by atoms with Crippen LogP contribution in [0.4, 0.5) is 0 Å². The third-order valence-corrected chi connectivity index (χ3v) is 4.94. The van der Waals surface area contributed by atoms with Crippen molar-refractivity contribution in [2.75, 3.05) is 13.7 Å². The molecule has 10 nitrogen and oxygen atoms in total. The topological polar surface area (TPSA) is 150 Å². The van der Waals surface area contributed by atoms with E-state index in [9.17, 15) is 20.1 Å². The number of methoxy groups -OCH3 is 1. The molecule has 0 unspecified atom stereocenters. The maximum Gasteiger partial charge on any atom is 1.00 e. The van der Waals surface area contributed by atoms with Gasteiger partial charge in [-0.3, -0.25) is 0 Å². The van der Waals surface area contributed by atoms with E-state index in [4.69, 9.17) is 14.6 Å². The summed E-state index contributed by atoms with van der Waals surface area (Å²) < 4.78 is 12.0. The number of allylic oxidation sites excluding steroid dienone is 1. The van der Waals surface area contributed by atoms with Gasteiger partial charge in [0.15, 0.2) is 0 Å². The number of hydrogen-bond acceptors (Lipinski definition) is 9. The van der Waals surface area contributed by atoms with Gasteiger partial charge < -0.3 is 34.7 Å². The molecule has 2 heterocycles. The van der Waals surface area contributed by atoms with Gasteiger partial charge >= 0.3 is 29.6 Å². The fraction of sp³-hybridized carbons (Fsp3) is 0.421. The van der Waals surface area contributed by atoms with Crippen molar-refractivity contribution in [3.05, 3.63) is 42.3 Å². The Morgan fingerprint density at radius 3 is 2.77 bits per heavy atom. The molecule has 1 aliphatic heterocycles. The van der Waals surface area contributed by atoms with Crippen molar-refractivity contribution >= 4 is 5.97 Å². The van der Waals surface area contributed by atoms with Crippen molar-refractivity contribution in [3.63, 3.8) is 0 Å². The molecule has 1 aliphatic rings. The van der Waals surface area contributed by atoms with Crippen LogP contribution in [-0.2, 0) is 9.53 Å². The van der Waals surface area contributed by atoms with Gasteiger partial charge in [0.1, 0.15) is 41.5 Å². The SMILES string of the molecule is COc1cccc(-c2cn([C@H]3C=C(C(=O)[O-])O[C@@H]([C@H](O)[C@H](O)CO)[C@@H]3C)nn2)c1.[Na+]. The second kappa shape index (κ2) is 10.4. The van der Waals surface area contributed by atoms with Gasteiger partial charge in [0.25, 0.3) is 0 Å². The molecular weight excluding hydrogens is 405 g/mol. The van der Waals surface area contributed by atoms with Crippen molar-refractivity contribution < 1.29 is 64.3 Å². The Morgan fingerprint density at radius 2 is 2.13 bits per heavy atom. The number of carboxylic acids is 1. The van der Waals surface area contributed by atoms with Gasteiger partial charge in [-0.1, -0.05) is 24.3 Å². The molecule has 0 amide bonds. The van der Waals surface area contributed by atoms with Crippen LogP contribution in [-0.4, -0.2) is 68.3 Å². The fourth-order valence-corrected chi connectivity index (χ4v) is 3.27. The number of aromatic nitrogens is 3. The molecule has 2 aromatic rings. The first-order valence-electron chi connectivity index (χ1n) is 8.98. The van der Waals surface area contributed by atoms with Crippen molar-refractivity contribution in [3.8, 4) is 17.0 Å². The predicted molar refractivity (Wildman–Crippen MR) is 97.3 cm³/mol. The molecule has 0 saturated heterocycles. The largest absolute Gasteiger partial charge is 1.00 e. The summed E-state index contributed by atoms with van der Waals surface area (Å²) in [6.07, 6.45) is -1.16. The van der Waals surface area contributed by atoms with E-state index in [1.165, 1.54) is 10.8 Å². The van der Waals surface area contributed by atoms with Crippen molar-refractivity contribution in [2.45, 2.75) is 31.3 Å². The summed E-state index contributed by atoms with van der Waals surface area (Å²) in [6.45, 7) is 1.00. The molecule has 0 radical (unpaired) electrons. The number of carbonyl (C=O) groups excluding carboxylic acids is 1. The summed E-state index contributed by atoms with van der Waals surface area (Å²) in [6, 6.07) is 6.57. The summed E-state index contributed by atoms with van der Waals surface area (Å²) in [5.41, 5.74) is 1.30. The number of benzene rings is 1. The molecule has 11 heteroatoms. The van der Waals surface area contributed by atoms with Gasteiger partial charge in [-0.15, -0.1) is 5.10 Å². The Labute approximate surface area is 195 Å². The minimum atomic E-state index is -1.56. The zero-order valence-electron chi connectivity index (χ0n) is 16.9. The Kier molecular flexibility index (Phi) is 8.42. The molecule has 0 saturated carbocycles. The number of carbonyl (C=O) groups is 1. The minimum absolute atomic E-state index is 0. The van der Waals surface area contributed by atoms with Gasteiger partial charge in [0, 0.05) is 11.5 Å². The van der Waals surface area contributed by atoms with Crippen molar-refractivity contribution in [1.29, 1.82) is 0 Å². The Balaban J connectivity index is 0.00000320. The number of nitrogens with zero attached hydrogens (tertiary/aromatic N) is 3. The summed E-state index contributed by atoms with van der Waals surface area (Å²) in [5.74, 6) is -1.91. The normalized spacial score (nSPS) is 22.8. The van der Waals surface area contributed by atoms with Crippen LogP contribution in [0.25, 0.3) is 11.3 Å². The number of carboxylic acid groups (broad SMARTS) is 1. The van der Waals surface area contributed by atoms with E-state index in [0.29, 0.717) is 11.4 Å². The molecule has 1 aromatic heterocycles. The maximum atomic E-state index is 11.4. The van der Waals surface area contributed by atoms with E-state index in [2.05, 4.69) is 10.3 Å². The zero-order chi connectivity index (χ0) is 21.1. The minimum Gasteiger partial charge on any atom is -0.542 e. The molecule has 1 aromatic carbocycles. The molecular formula is C19H22N3NaO7. The summed E-state index contributed by atoms with van der Waals surface area (Å²) in [5, 5.41) is 48.8. The third kappa shape index (κ3) is 5.02. The smallest absolute Gasteiger partial charge is 0.542 e. The average molecular weight is 427 g/mol. The molecule has 0 fully saturated rings. The van der Waals surface area contributed by atoms with E-state index >= 15 is 0 Å². The van der Waals surface area contributed by atoms with E-state index < -0.39 is 48.6 Å². The first-order chi connectivity index (χ1) is 13.8. The van der Waals surface area contributed by atoms with E-state index in [1.54, 1.807) is 38.4 Å². The zero-order valence-corrected chi connectivity index (χ0v) is 18.9. The number of aliphatic hydroxyl groups excluding tert-OH is 3. The van der Waals surface area contributed by atoms with Crippen LogP contribution >= 0.6 is 0 Å². The van der Waals surface area contributed by atoms with E-state index in [1.807, 2.05) is 6.07 Å². The Bertz CT molecular complexity index is 904. The van der Waals surface area contributed by atoms with Crippen LogP contribution in [0.1, 0.15) is 13.0 Å². The van der Waals surface area contributed by atoms with Gasteiger partial charge in [-0.2, -0.15) is 0 Å². The molecule has 3 rings (SSSR count). The molecule has 30 heavy (non-hydrogen) atoms. The number of rotatable bonds is 7. The van der Waals surface area contributed by atoms with Crippen molar-refractivity contribution in [2.24, 2.45) is 5.92 Å². The summed E-state index contributed by atoms with van der Waals surface area (Å²) in [7, 11) is 1.55. The van der Waals surface area contributed by atoms with Crippen LogP contribution in [0.15, 0.2) is 42.3 Å². The van der Waals surface area contributed by atoms with Crippen LogP contribution in [0.2, 0.25) is 0 Å². The van der Waals surface area contributed by atoms with Gasteiger partial charge in [0.2, 0.25) is 0 Å².